The van der Waals surface area contributed by atoms with Gasteiger partial charge in [0, 0.05) is 19.4 Å². The van der Waals surface area contributed by atoms with Crippen LogP contribution in [-0.4, -0.2) is 62.9 Å². The molecule has 0 amide bonds. The first-order valence-corrected chi connectivity index (χ1v) is 26.5. The third-order valence-electron chi connectivity index (χ3n) is 13.5. The van der Waals surface area contributed by atoms with Gasteiger partial charge in [-0.15, -0.1) is 0 Å². The molecule has 1 fully saturated rings. The molecule has 1 aliphatic heterocycles. The van der Waals surface area contributed by atoms with Crippen LogP contribution >= 0.6 is 0 Å². The predicted octanol–water partition coefficient (Wildman–Crippen LogP) is 15.8. The molecule has 0 radical (unpaired) electrons. The van der Waals surface area contributed by atoms with Crippen molar-refractivity contribution in [3.05, 3.63) is 0 Å². The van der Waals surface area contributed by atoms with Crippen molar-refractivity contribution in [1.29, 1.82) is 0 Å². The largest absolute Gasteiger partial charge is 0.466 e. The van der Waals surface area contributed by atoms with Gasteiger partial charge < -0.3 is 19.1 Å². The van der Waals surface area contributed by atoms with Crippen LogP contribution in [-0.2, 0) is 23.8 Å². The Morgan fingerprint density at radius 3 is 1.27 bits per heavy atom. The van der Waals surface area contributed by atoms with Crippen LogP contribution in [0.2, 0.25) is 0 Å². The summed E-state index contributed by atoms with van der Waals surface area (Å²) in [4.78, 5) is 27.4. The Bertz CT molecular complexity index is 828. The fraction of sp³-hybridized carbons (Fsp3) is 0.962. The van der Waals surface area contributed by atoms with Crippen molar-refractivity contribution < 1.29 is 23.8 Å². The van der Waals surface area contributed by atoms with Gasteiger partial charge in [-0.3, -0.25) is 9.59 Å². The maximum Gasteiger partial charge on any atom is 0.305 e. The van der Waals surface area contributed by atoms with Gasteiger partial charge in [0.05, 0.1) is 19.3 Å². The number of hydrogen-bond donors (Lipinski definition) is 0. The number of unbranched alkanes of at least 4 members (excludes halogenated alkanes) is 17. The highest BCUT2D eigenvalue weighted by molar-refractivity contribution is 5.69. The quantitative estimate of drug-likeness (QED) is 0.0450. The number of rotatable bonds is 44. The second-order valence-corrected chi connectivity index (χ2v) is 19.1. The molecule has 0 bridgehead atoms. The van der Waals surface area contributed by atoms with Crippen molar-refractivity contribution in [2.45, 2.75) is 271 Å². The summed E-state index contributed by atoms with van der Waals surface area (Å²) in [5, 5.41) is 0. The lowest BCUT2D eigenvalue weighted by Crippen LogP contribution is -2.30. The minimum absolute atomic E-state index is 0.00442. The molecule has 0 aromatic rings. The molecule has 1 saturated heterocycles. The Balaban J connectivity index is 2.29. The Kier molecular flexibility index (Phi) is 39.9. The minimum atomic E-state index is 0.00442. The van der Waals surface area contributed by atoms with Gasteiger partial charge in [-0.05, 0) is 95.7 Å². The molecule has 0 aliphatic carbocycles. The van der Waals surface area contributed by atoms with Crippen LogP contribution in [0.4, 0.5) is 0 Å². The van der Waals surface area contributed by atoms with E-state index in [0.717, 1.165) is 63.9 Å². The van der Waals surface area contributed by atoms with E-state index in [0.29, 0.717) is 44.0 Å². The predicted molar refractivity (Wildman–Crippen MR) is 253 cm³/mol. The van der Waals surface area contributed by atoms with E-state index in [2.05, 4.69) is 39.6 Å². The number of carbonyl (C=O) groups excluding carboxylic acids is 2. The van der Waals surface area contributed by atoms with Crippen LogP contribution in [0.3, 0.4) is 0 Å². The third kappa shape index (κ3) is 36.1. The summed E-state index contributed by atoms with van der Waals surface area (Å²) >= 11 is 0. The average molecular weight is 834 g/mol. The molecule has 0 N–H and O–H groups in total. The lowest BCUT2D eigenvalue weighted by molar-refractivity contribution is -0.145. The third-order valence-corrected chi connectivity index (χ3v) is 13.5. The average Bonchev–Trinajstić information content (AvgIpc) is 3.23. The SMILES string of the molecule is CCCCCC(CCCCC)CCOC(=O)CCCCCCCC(CCCCCCCC(=O)OCCC(CCCCC)CCCCC)OCCCCC1CCN(C)CC1. The van der Waals surface area contributed by atoms with E-state index in [4.69, 9.17) is 14.2 Å². The van der Waals surface area contributed by atoms with Gasteiger partial charge in [0.2, 0.25) is 0 Å². The van der Waals surface area contributed by atoms with Gasteiger partial charge in [0.25, 0.3) is 0 Å². The number of piperidine rings is 1. The number of carbonyl (C=O) groups is 2. The van der Waals surface area contributed by atoms with Gasteiger partial charge in [0.15, 0.2) is 0 Å². The number of nitrogens with zero attached hydrogens (tertiary/aromatic N) is 1. The summed E-state index contributed by atoms with van der Waals surface area (Å²) in [6, 6.07) is 0. The summed E-state index contributed by atoms with van der Waals surface area (Å²) in [5.74, 6) is 2.35. The molecule has 6 nitrogen and oxygen atoms in total. The molecule has 0 unspecified atom stereocenters. The number of hydrogen-bond acceptors (Lipinski definition) is 6. The van der Waals surface area contributed by atoms with Gasteiger partial charge in [-0.1, -0.05) is 195 Å². The van der Waals surface area contributed by atoms with E-state index in [9.17, 15) is 9.59 Å². The van der Waals surface area contributed by atoms with E-state index in [1.54, 1.807) is 0 Å². The zero-order chi connectivity index (χ0) is 42.9. The number of esters is 2. The lowest BCUT2D eigenvalue weighted by Gasteiger charge is -2.28. The normalized spacial score (nSPS) is 14.0. The van der Waals surface area contributed by atoms with E-state index in [1.165, 1.54) is 186 Å². The standard InChI is InChI=1S/C53H103NO5/c1-6-10-20-30-48(31-21-11-7-2)41-46-58-52(55)37-26-18-14-16-24-35-51(57-45-29-28-34-50-39-43-54(5)44-40-50)36-25-17-15-19-27-38-53(56)59-47-42-49(32-22-12-8-3)33-23-13-9-4/h48-51H,6-47H2,1-5H3. The Hall–Kier alpha value is -1.14. The summed E-state index contributed by atoms with van der Waals surface area (Å²) in [5.41, 5.74) is 0. The molecule has 59 heavy (non-hydrogen) atoms. The number of likely N-dealkylation sites (tertiary alicyclic amines) is 1. The molecule has 0 aromatic heterocycles. The second kappa shape index (κ2) is 42.2. The maximum atomic E-state index is 12.5. The van der Waals surface area contributed by atoms with Crippen LogP contribution in [0.5, 0.6) is 0 Å². The van der Waals surface area contributed by atoms with Crippen molar-refractivity contribution in [2.75, 3.05) is 40.0 Å². The van der Waals surface area contributed by atoms with E-state index >= 15 is 0 Å². The molecular formula is C53H103NO5. The molecule has 1 rings (SSSR count). The van der Waals surface area contributed by atoms with Crippen molar-refractivity contribution >= 4 is 11.9 Å². The molecule has 350 valence electrons. The summed E-state index contributed by atoms with van der Waals surface area (Å²) < 4.78 is 17.9. The van der Waals surface area contributed by atoms with Crippen LogP contribution in [0, 0.1) is 17.8 Å². The second-order valence-electron chi connectivity index (χ2n) is 19.1. The fourth-order valence-electron chi connectivity index (χ4n) is 9.21. The summed E-state index contributed by atoms with van der Waals surface area (Å²) in [6.45, 7) is 13.7. The zero-order valence-electron chi connectivity index (χ0n) is 40.5. The van der Waals surface area contributed by atoms with E-state index in [-0.39, 0.29) is 11.9 Å². The number of ether oxygens (including phenoxy) is 3. The van der Waals surface area contributed by atoms with Crippen LogP contribution in [0.25, 0.3) is 0 Å². The van der Waals surface area contributed by atoms with Crippen LogP contribution < -0.4 is 0 Å². The van der Waals surface area contributed by atoms with Gasteiger partial charge in [-0.2, -0.15) is 0 Å². The highest BCUT2D eigenvalue weighted by atomic mass is 16.5. The first-order valence-electron chi connectivity index (χ1n) is 26.5. The Labute approximate surface area is 368 Å². The first-order chi connectivity index (χ1) is 28.9. The summed E-state index contributed by atoms with van der Waals surface area (Å²) in [7, 11) is 2.25. The monoisotopic (exact) mass is 834 g/mol. The molecule has 0 aromatic carbocycles. The molecule has 0 saturated carbocycles. The van der Waals surface area contributed by atoms with Crippen LogP contribution in [0.1, 0.15) is 265 Å². The smallest absolute Gasteiger partial charge is 0.305 e. The molecule has 0 atom stereocenters. The maximum absolute atomic E-state index is 12.5. The Morgan fingerprint density at radius 1 is 0.458 bits per heavy atom. The first kappa shape index (κ1) is 55.9. The highest BCUT2D eigenvalue weighted by Crippen LogP contribution is 2.25. The molecular weight excluding hydrogens is 731 g/mol. The Morgan fingerprint density at radius 2 is 0.847 bits per heavy atom. The van der Waals surface area contributed by atoms with Gasteiger partial charge in [0.1, 0.15) is 0 Å². The van der Waals surface area contributed by atoms with Crippen molar-refractivity contribution in [1.82, 2.24) is 4.90 Å². The van der Waals surface area contributed by atoms with Gasteiger partial charge >= 0.3 is 11.9 Å². The van der Waals surface area contributed by atoms with Crippen LogP contribution in [0.15, 0.2) is 0 Å². The van der Waals surface area contributed by atoms with Gasteiger partial charge in [-0.25, -0.2) is 0 Å². The minimum Gasteiger partial charge on any atom is -0.466 e. The van der Waals surface area contributed by atoms with Crippen molar-refractivity contribution in [3.63, 3.8) is 0 Å². The topological polar surface area (TPSA) is 65.1 Å². The fourth-order valence-corrected chi connectivity index (χ4v) is 9.21. The summed E-state index contributed by atoms with van der Waals surface area (Å²) in [6.07, 6.45) is 44.6. The lowest BCUT2D eigenvalue weighted by atomic mass is 9.92. The highest BCUT2D eigenvalue weighted by Gasteiger charge is 2.17. The van der Waals surface area contributed by atoms with E-state index in [1.807, 2.05) is 0 Å². The van der Waals surface area contributed by atoms with Crippen molar-refractivity contribution in [2.24, 2.45) is 17.8 Å². The van der Waals surface area contributed by atoms with E-state index < -0.39 is 0 Å². The molecule has 1 aliphatic rings. The van der Waals surface area contributed by atoms with Crippen molar-refractivity contribution in [3.8, 4) is 0 Å². The molecule has 1 heterocycles. The molecule has 6 heteroatoms. The molecule has 0 spiro atoms. The zero-order valence-corrected chi connectivity index (χ0v) is 40.5.